The summed E-state index contributed by atoms with van der Waals surface area (Å²) in [4.78, 5) is 18.6. The number of anilines is 1. The van der Waals surface area contributed by atoms with E-state index in [9.17, 15) is 9.18 Å². The Bertz CT molecular complexity index is 412. The van der Waals surface area contributed by atoms with Crippen molar-refractivity contribution >= 4 is 11.8 Å². The van der Waals surface area contributed by atoms with Crippen LogP contribution in [-0.4, -0.2) is 27.6 Å². The lowest BCUT2D eigenvalue weighted by molar-refractivity contribution is -0.141. The van der Waals surface area contributed by atoms with Gasteiger partial charge in [0.25, 0.3) is 0 Å². The van der Waals surface area contributed by atoms with Crippen LogP contribution in [-0.2, 0) is 11.2 Å². The Morgan fingerprint density at radius 3 is 2.78 bits per heavy atom. The Morgan fingerprint density at radius 2 is 2.22 bits per heavy atom. The van der Waals surface area contributed by atoms with Gasteiger partial charge in [0.05, 0.1) is 11.6 Å². The van der Waals surface area contributed by atoms with Crippen LogP contribution in [0.1, 0.15) is 32.4 Å². The Hall–Kier alpha value is -1.72. The van der Waals surface area contributed by atoms with Crippen molar-refractivity contribution in [3.05, 3.63) is 17.8 Å². The quantitative estimate of drug-likeness (QED) is 0.780. The van der Waals surface area contributed by atoms with Gasteiger partial charge in [0.2, 0.25) is 0 Å². The number of nitrogens with one attached hydrogen (secondary N) is 1. The summed E-state index contributed by atoms with van der Waals surface area (Å²) in [5.41, 5.74) is 0.329. The molecule has 18 heavy (non-hydrogen) atoms. The van der Waals surface area contributed by atoms with Crippen molar-refractivity contribution in [3.8, 4) is 0 Å². The van der Waals surface area contributed by atoms with E-state index in [0.29, 0.717) is 18.5 Å². The zero-order valence-electron chi connectivity index (χ0n) is 10.6. The fourth-order valence-electron chi connectivity index (χ4n) is 1.66. The average Bonchev–Trinajstić information content (AvgIpc) is 2.35. The Kier molecular flexibility index (Phi) is 5.48. The third-order valence-electron chi connectivity index (χ3n) is 2.70. The summed E-state index contributed by atoms with van der Waals surface area (Å²) in [6, 6.07) is 0. The SMILES string of the molecule is CCCC(CNc1ncnc(CC)c1F)C(=O)O. The molecule has 0 saturated carbocycles. The molecule has 0 aliphatic heterocycles. The van der Waals surface area contributed by atoms with Crippen molar-refractivity contribution in [2.45, 2.75) is 33.1 Å². The van der Waals surface area contributed by atoms with E-state index >= 15 is 0 Å². The van der Waals surface area contributed by atoms with Crippen molar-refractivity contribution in [2.75, 3.05) is 11.9 Å². The Balaban J connectivity index is 2.70. The number of aryl methyl sites for hydroxylation is 1. The lowest BCUT2D eigenvalue weighted by Crippen LogP contribution is -2.23. The van der Waals surface area contributed by atoms with Crippen LogP contribution in [0.4, 0.5) is 10.2 Å². The van der Waals surface area contributed by atoms with Gasteiger partial charge >= 0.3 is 5.97 Å². The molecule has 0 fully saturated rings. The molecule has 100 valence electrons. The van der Waals surface area contributed by atoms with Gasteiger partial charge in [0, 0.05) is 6.54 Å². The van der Waals surface area contributed by atoms with Crippen LogP contribution in [0.25, 0.3) is 0 Å². The molecule has 0 spiro atoms. The second kappa shape index (κ2) is 6.88. The van der Waals surface area contributed by atoms with Gasteiger partial charge in [-0.2, -0.15) is 0 Å². The topological polar surface area (TPSA) is 75.1 Å². The minimum atomic E-state index is -0.880. The van der Waals surface area contributed by atoms with E-state index in [1.54, 1.807) is 6.92 Å². The number of aliphatic carboxylic acids is 1. The molecule has 0 bridgehead atoms. The van der Waals surface area contributed by atoms with Crippen molar-refractivity contribution < 1.29 is 14.3 Å². The molecule has 5 nitrogen and oxygen atoms in total. The van der Waals surface area contributed by atoms with E-state index in [2.05, 4.69) is 15.3 Å². The lowest BCUT2D eigenvalue weighted by atomic mass is 10.0. The number of carbonyl (C=O) groups is 1. The zero-order chi connectivity index (χ0) is 13.5. The first-order chi connectivity index (χ1) is 8.60. The minimum Gasteiger partial charge on any atom is -0.481 e. The maximum absolute atomic E-state index is 13.8. The Morgan fingerprint density at radius 1 is 1.50 bits per heavy atom. The van der Waals surface area contributed by atoms with E-state index in [1.165, 1.54) is 6.33 Å². The standard InChI is InChI=1S/C12H18FN3O2/c1-3-5-8(12(17)18)6-14-11-10(13)9(4-2)15-7-16-11/h7-8H,3-6H2,1-2H3,(H,17,18)(H,14,15,16). The van der Waals surface area contributed by atoms with Crippen LogP contribution in [0.5, 0.6) is 0 Å². The molecule has 0 aliphatic carbocycles. The monoisotopic (exact) mass is 255 g/mol. The van der Waals surface area contributed by atoms with Crippen LogP contribution < -0.4 is 5.32 Å². The molecule has 0 saturated heterocycles. The number of halogens is 1. The van der Waals surface area contributed by atoms with E-state index < -0.39 is 17.7 Å². The number of hydrogen-bond acceptors (Lipinski definition) is 4. The molecule has 1 aromatic heterocycles. The number of aromatic nitrogens is 2. The maximum Gasteiger partial charge on any atom is 0.308 e. The van der Waals surface area contributed by atoms with Crippen LogP contribution in [0.15, 0.2) is 6.33 Å². The summed E-state index contributed by atoms with van der Waals surface area (Å²) in [6.07, 6.45) is 3.07. The average molecular weight is 255 g/mol. The number of rotatable bonds is 7. The van der Waals surface area contributed by atoms with Crippen LogP contribution in [0, 0.1) is 11.7 Å². The second-order valence-corrected chi connectivity index (χ2v) is 4.04. The molecule has 2 N–H and O–H groups in total. The molecule has 1 aromatic rings. The number of carboxylic acids is 1. The largest absolute Gasteiger partial charge is 0.481 e. The van der Waals surface area contributed by atoms with E-state index in [0.717, 1.165) is 6.42 Å². The molecule has 1 atom stereocenters. The molecule has 0 amide bonds. The fourth-order valence-corrected chi connectivity index (χ4v) is 1.66. The van der Waals surface area contributed by atoms with Gasteiger partial charge in [-0.15, -0.1) is 0 Å². The highest BCUT2D eigenvalue weighted by atomic mass is 19.1. The van der Waals surface area contributed by atoms with Gasteiger partial charge in [-0.25, -0.2) is 14.4 Å². The summed E-state index contributed by atoms with van der Waals surface area (Å²) >= 11 is 0. The van der Waals surface area contributed by atoms with Gasteiger partial charge in [-0.05, 0) is 12.8 Å². The number of nitrogens with zero attached hydrogens (tertiary/aromatic N) is 2. The third kappa shape index (κ3) is 3.65. The molecular weight excluding hydrogens is 237 g/mol. The molecule has 1 heterocycles. The predicted molar refractivity (Wildman–Crippen MR) is 65.9 cm³/mol. The highest BCUT2D eigenvalue weighted by Gasteiger charge is 2.17. The normalized spacial score (nSPS) is 12.2. The van der Waals surface area contributed by atoms with Gasteiger partial charge in [0.15, 0.2) is 11.6 Å². The summed E-state index contributed by atoms with van der Waals surface area (Å²) in [6.45, 7) is 3.88. The zero-order valence-corrected chi connectivity index (χ0v) is 10.6. The van der Waals surface area contributed by atoms with Crippen LogP contribution in [0.2, 0.25) is 0 Å². The van der Waals surface area contributed by atoms with E-state index in [4.69, 9.17) is 5.11 Å². The first-order valence-electron chi connectivity index (χ1n) is 6.06. The van der Waals surface area contributed by atoms with Crippen molar-refractivity contribution in [1.82, 2.24) is 9.97 Å². The van der Waals surface area contributed by atoms with Gasteiger partial charge in [-0.3, -0.25) is 4.79 Å². The summed E-state index contributed by atoms with van der Waals surface area (Å²) in [7, 11) is 0. The highest BCUT2D eigenvalue weighted by Crippen LogP contribution is 2.15. The molecule has 0 aliphatic rings. The van der Waals surface area contributed by atoms with Crippen molar-refractivity contribution in [3.63, 3.8) is 0 Å². The maximum atomic E-state index is 13.8. The van der Waals surface area contributed by atoms with Crippen LogP contribution >= 0.6 is 0 Å². The summed E-state index contributed by atoms with van der Waals surface area (Å²) < 4.78 is 13.8. The Labute approximate surface area is 105 Å². The fraction of sp³-hybridized carbons (Fsp3) is 0.583. The molecule has 1 unspecified atom stereocenters. The van der Waals surface area contributed by atoms with E-state index in [1.807, 2.05) is 6.92 Å². The van der Waals surface area contributed by atoms with Gasteiger partial charge in [-0.1, -0.05) is 20.3 Å². The van der Waals surface area contributed by atoms with Crippen LogP contribution in [0.3, 0.4) is 0 Å². The summed E-state index contributed by atoms with van der Waals surface area (Å²) in [5.74, 6) is -1.84. The minimum absolute atomic E-state index is 0.0733. The van der Waals surface area contributed by atoms with Gasteiger partial charge < -0.3 is 10.4 Å². The summed E-state index contributed by atoms with van der Waals surface area (Å²) in [5, 5.41) is 11.7. The molecule has 1 rings (SSSR count). The first kappa shape index (κ1) is 14.3. The molecular formula is C12H18FN3O2. The molecule has 0 aromatic carbocycles. The third-order valence-corrected chi connectivity index (χ3v) is 2.70. The number of carboxylic acid groups (broad SMARTS) is 1. The molecule has 0 radical (unpaired) electrons. The number of hydrogen-bond donors (Lipinski definition) is 2. The smallest absolute Gasteiger partial charge is 0.308 e. The van der Waals surface area contributed by atoms with Crippen molar-refractivity contribution in [2.24, 2.45) is 5.92 Å². The first-order valence-corrected chi connectivity index (χ1v) is 6.06. The van der Waals surface area contributed by atoms with Crippen molar-refractivity contribution in [1.29, 1.82) is 0 Å². The van der Waals surface area contributed by atoms with E-state index in [-0.39, 0.29) is 12.4 Å². The predicted octanol–water partition coefficient (Wildman–Crippen LogP) is 2.09. The molecule has 6 heteroatoms. The lowest BCUT2D eigenvalue weighted by Gasteiger charge is -2.13. The second-order valence-electron chi connectivity index (χ2n) is 4.04. The highest BCUT2D eigenvalue weighted by molar-refractivity contribution is 5.70. The van der Waals surface area contributed by atoms with Gasteiger partial charge in [0.1, 0.15) is 6.33 Å².